The lowest BCUT2D eigenvalue weighted by molar-refractivity contribution is 0.216. The van der Waals surface area contributed by atoms with Crippen molar-refractivity contribution in [1.82, 2.24) is 4.31 Å². The van der Waals surface area contributed by atoms with Gasteiger partial charge in [-0.15, -0.1) is 0 Å². The van der Waals surface area contributed by atoms with Crippen molar-refractivity contribution in [2.75, 3.05) is 7.05 Å². The van der Waals surface area contributed by atoms with E-state index in [1.807, 2.05) is 27.7 Å². The third kappa shape index (κ3) is 3.18. The molecule has 0 aliphatic heterocycles. The molecular weight excluding hydrogens is 212 g/mol. The van der Waals surface area contributed by atoms with Crippen molar-refractivity contribution < 1.29 is 8.42 Å². The minimum Gasteiger partial charge on any atom is -0.211 e. The molecule has 88 valence electrons. The predicted molar refractivity (Wildman–Crippen MR) is 60.7 cm³/mol. The molecule has 0 rings (SSSR count). The van der Waals surface area contributed by atoms with E-state index < -0.39 is 15.3 Å². The quantitative estimate of drug-likeness (QED) is 0.742. The predicted octanol–water partition coefficient (Wildman–Crippen LogP) is 1.59. The first-order valence-electron chi connectivity index (χ1n) is 4.91. The highest BCUT2D eigenvalue weighted by Gasteiger charge is 2.34. The molecule has 0 saturated carbocycles. The van der Waals surface area contributed by atoms with Crippen molar-refractivity contribution in [3.8, 4) is 6.07 Å². The lowest BCUT2D eigenvalue weighted by atomic mass is 9.88. The van der Waals surface area contributed by atoms with E-state index >= 15 is 0 Å². The first-order valence-corrected chi connectivity index (χ1v) is 6.42. The van der Waals surface area contributed by atoms with E-state index in [1.54, 1.807) is 6.07 Å². The Morgan fingerprint density at radius 1 is 1.27 bits per heavy atom. The Labute approximate surface area is 92.9 Å². The normalized spacial score (nSPS) is 17.2. The van der Waals surface area contributed by atoms with Crippen LogP contribution in [0.25, 0.3) is 0 Å². The summed E-state index contributed by atoms with van der Waals surface area (Å²) in [5.41, 5.74) is -0.142. The monoisotopic (exact) mass is 232 g/mol. The average molecular weight is 232 g/mol. The zero-order chi connectivity index (χ0) is 12.4. The Bertz CT molecular complexity index is 349. The lowest BCUT2D eigenvalue weighted by Gasteiger charge is -2.35. The fourth-order valence-corrected chi connectivity index (χ4v) is 2.47. The van der Waals surface area contributed by atoms with Crippen molar-refractivity contribution in [1.29, 1.82) is 5.26 Å². The molecule has 0 aliphatic rings. The van der Waals surface area contributed by atoms with E-state index in [4.69, 9.17) is 5.26 Å². The van der Waals surface area contributed by atoms with Crippen molar-refractivity contribution >= 4 is 10.0 Å². The van der Waals surface area contributed by atoms with Gasteiger partial charge in [0.1, 0.15) is 0 Å². The van der Waals surface area contributed by atoms with Gasteiger partial charge in [-0.3, -0.25) is 0 Å². The summed E-state index contributed by atoms with van der Waals surface area (Å²) in [7, 11) is -1.97. The van der Waals surface area contributed by atoms with E-state index in [0.29, 0.717) is 0 Å². The number of rotatable bonds is 3. The smallest absolute Gasteiger partial charge is 0.211 e. The highest BCUT2D eigenvalue weighted by atomic mass is 32.2. The van der Waals surface area contributed by atoms with Gasteiger partial charge in [-0.25, -0.2) is 12.7 Å². The van der Waals surface area contributed by atoms with Gasteiger partial charge < -0.3 is 0 Å². The van der Waals surface area contributed by atoms with Crippen LogP contribution in [0.5, 0.6) is 0 Å². The molecule has 2 atom stereocenters. The van der Waals surface area contributed by atoms with E-state index in [1.165, 1.54) is 18.3 Å². The van der Waals surface area contributed by atoms with Crippen molar-refractivity contribution in [3.63, 3.8) is 0 Å². The van der Waals surface area contributed by atoms with Crippen LogP contribution in [-0.2, 0) is 10.0 Å². The van der Waals surface area contributed by atoms with E-state index in [0.717, 1.165) is 0 Å². The Morgan fingerprint density at radius 3 is 1.93 bits per heavy atom. The fraction of sp³-hybridized carbons (Fsp3) is 0.900. The van der Waals surface area contributed by atoms with Gasteiger partial charge in [0.15, 0.2) is 5.25 Å². The van der Waals surface area contributed by atoms with E-state index in [2.05, 4.69) is 0 Å². The number of nitriles is 1. The molecule has 0 amide bonds. The molecule has 0 aromatic carbocycles. The first kappa shape index (κ1) is 14.4. The van der Waals surface area contributed by atoms with Crippen LogP contribution in [-0.4, -0.2) is 31.1 Å². The van der Waals surface area contributed by atoms with Gasteiger partial charge in [0.25, 0.3) is 0 Å². The maximum absolute atomic E-state index is 11.9. The van der Waals surface area contributed by atoms with Crippen LogP contribution in [0.15, 0.2) is 0 Å². The van der Waals surface area contributed by atoms with Gasteiger partial charge in [-0.1, -0.05) is 20.8 Å². The van der Waals surface area contributed by atoms with Crippen LogP contribution in [0.2, 0.25) is 0 Å². The third-order valence-electron chi connectivity index (χ3n) is 2.83. The molecule has 4 nitrogen and oxygen atoms in total. The van der Waals surface area contributed by atoms with Crippen molar-refractivity contribution in [2.45, 2.75) is 45.9 Å². The molecule has 15 heavy (non-hydrogen) atoms. The van der Waals surface area contributed by atoms with Crippen LogP contribution in [0, 0.1) is 16.7 Å². The molecule has 0 N–H and O–H groups in total. The van der Waals surface area contributed by atoms with Gasteiger partial charge in [-0.05, 0) is 19.3 Å². The zero-order valence-electron chi connectivity index (χ0n) is 10.3. The maximum atomic E-state index is 11.9. The first-order chi connectivity index (χ1) is 6.55. The summed E-state index contributed by atoms with van der Waals surface area (Å²) < 4.78 is 25.0. The number of nitrogens with zero attached hydrogens (tertiary/aromatic N) is 2. The molecule has 0 aromatic heterocycles. The molecule has 2 unspecified atom stereocenters. The van der Waals surface area contributed by atoms with E-state index in [9.17, 15) is 8.42 Å². The molecule has 0 fully saturated rings. The summed E-state index contributed by atoms with van der Waals surface area (Å²) in [6.07, 6.45) is 0. The van der Waals surface area contributed by atoms with Gasteiger partial charge in [0.05, 0.1) is 6.07 Å². The standard InChI is InChI=1S/C10H20N2O2S/c1-8(7-11)15(13,14)12(6)9(2)10(3,4)5/h8-9H,1-6H3. The fourth-order valence-electron chi connectivity index (χ4n) is 1.08. The second-order valence-corrected chi connectivity index (χ2v) is 7.19. The summed E-state index contributed by atoms with van der Waals surface area (Å²) in [6.45, 7) is 9.17. The average Bonchev–Trinajstić information content (AvgIpc) is 2.12. The summed E-state index contributed by atoms with van der Waals surface area (Å²) in [6, 6.07) is 1.62. The SMILES string of the molecule is CC(N(C)S(=O)(=O)C(C)C#N)C(C)(C)C. The molecule has 0 aromatic rings. The van der Waals surface area contributed by atoms with Crippen LogP contribution >= 0.6 is 0 Å². The van der Waals surface area contributed by atoms with Crippen molar-refractivity contribution in [2.24, 2.45) is 5.41 Å². The second kappa shape index (κ2) is 4.50. The highest BCUT2D eigenvalue weighted by Crippen LogP contribution is 2.25. The zero-order valence-corrected chi connectivity index (χ0v) is 11.1. The molecule has 0 heterocycles. The maximum Gasteiger partial charge on any atom is 0.230 e. The van der Waals surface area contributed by atoms with Crippen LogP contribution in [0.1, 0.15) is 34.6 Å². The summed E-state index contributed by atoms with van der Waals surface area (Å²) in [4.78, 5) is 0. The Kier molecular flexibility index (Phi) is 4.32. The Morgan fingerprint density at radius 2 is 1.67 bits per heavy atom. The largest absolute Gasteiger partial charge is 0.230 e. The molecule has 0 aliphatic carbocycles. The lowest BCUT2D eigenvalue weighted by Crippen LogP contribution is -2.45. The Hall–Kier alpha value is -0.600. The van der Waals surface area contributed by atoms with Gasteiger partial charge in [-0.2, -0.15) is 5.26 Å². The molecule has 0 saturated heterocycles. The van der Waals surface area contributed by atoms with Crippen molar-refractivity contribution in [3.05, 3.63) is 0 Å². The van der Waals surface area contributed by atoms with Gasteiger partial charge in [0, 0.05) is 13.1 Å². The number of hydrogen-bond acceptors (Lipinski definition) is 3. The topological polar surface area (TPSA) is 61.2 Å². The minimum absolute atomic E-state index is 0.140. The van der Waals surface area contributed by atoms with Gasteiger partial charge >= 0.3 is 0 Å². The van der Waals surface area contributed by atoms with Crippen LogP contribution in [0.4, 0.5) is 0 Å². The molecule has 0 spiro atoms. The van der Waals surface area contributed by atoms with Crippen LogP contribution < -0.4 is 0 Å². The summed E-state index contributed by atoms with van der Waals surface area (Å²) >= 11 is 0. The number of hydrogen-bond donors (Lipinski definition) is 0. The summed E-state index contributed by atoms with van der Waals surface area (Å²) in [5, 5.41) is 7.65. The third-order valence-corrected chi connectivity index (χ3v) is 4.95. The molecule has 0 radical (unpaired) electrons. The Balaban J connectivity index is 5.05. The summed E-state index contributed by atoms with van der Waals surface area (Å²) in [5.74, 6) is 0. The number of sulfonamides is 1. The van der Waals surface area contributed by atoms with E-state index in [-0.39, 0.29) is 11.5 Å². The second-order valence-electron chi connectivity index (χ2n) is 4.87. The molecule has 5 heteroatoms. The molecule has 0 bridgehead atoms. The minimum atomic E-state index is -3.50. The van der Waals surface area contributed by atoms with Gasteiger partial charge in [0.2, 0.25) is 10.0 Å². The van der Waals surface area contributed by atoms with Crippen LogP contribution in [0.3, 0.4) is 0 Å². The highest BCUT2D eigenvalue weighted by molar-refractivity contribution is 7.89. The molecular formula is C10H20N2O2S.